The van der Waals surface area contributed by atoms with Gasteiger partial charge in [-0.05, 0) is 36.8 Å². The standard InChI is InChI=1S/C18H15ClF3N3O2/c19-14-5-4-10(18(20,21)22)7-15(14)25-17(27)13-8-12(13)16(26)24-9-11-3-1-2-6-23-11/h1-7,12-13H,8-9H2,(H,24,26)(H,25,27). The van der Waals surface area contributed by atoms with Crippen molar-refractivity contribution in [2.24, 2.45) is 11.8 Å². The van der Waals surface area contributed by atoms with Crippen LogP contribution in [0.4, 0.5) is 18.9 Å². The molecule has 0 spiro atoms. The number of hydrogen-bond donors (Lipinski definition) is 2. The number of alkyl halides is 3. The van der Waals surface area contributed by atoms with Gasteiger partial charge in [-0.2, -0.15) is 13.2 Å². The first-order valence-corrected chi connectivity index (χ1v) is 8.48. The number of benzene rings is 1. The molecule has 9 heteroatoms. The fourth-order valence-electron chi connectivity index (χ4n) is 2.61. The molecule has 1 aromatic heterocycles. The summed E-state index contributed by atoms with van der Waals surface area (Å²) < 4.78 is 38.4. The molecule has 1 saturated carbocycles. The zero-order chi connectivity index (χ0) is 19.6. The quantitative estimate of drug-likeness (QED) is 0.809. The minimum Gasteiger partial charge on any atom is -0.350 e. The van der Waals surface area contributed by atoms with E-state index in [0.29, 0.717) is 12.1 Å². The molecule has 0 aliphatic heterocycles. The van der Waals surface area contributed by atoms with Crippen molar-refractivity contribution < 1.29 is 22.8 Å². The molecule has 2 unspecified atom stereocenters. The van der Waals surface area contributed by atoms with Crippen molar-refractivity contribution in [1.29, 1.82) is 0 Å². The maximum absolute atomic E-state index is 12.8. The molecule has 0 bridgehead atoms. The first-order valence-electron chi connectivity index (χ1n) is 8.11. The molecule has 3 rings (SSSR count). The largest absolute Gasteiger partial charge is 0.416 e. The molecule has 2 N–H and O–H groups in total. The van der Waals surface area contributed by atoms with Crippen LogP contribution in [0.15, 0.2) is 42.6 Å². The Morgan fingerprint density at radius 1 is 1.15 bits per heavy atom. The van der Waals surface area contributed by atoms with Crippen molar-refractivity contribution in [3.05, 3.63) is 58.9 Å². The first kappa shape index (κ1) is 19.2. The Morgan fingerprint density at radius 3 is 2.56 bits per heavy atom. The summed E-state index contributed by atoms with van der Waals surface area (Å²) in [5.74, 6) is -1.94. The Kier molecular flexibility index (Phi) is 5.36. The molecule has 0 radical (unpaired) electrons. The van der Waals surface area contributed by atoms with Crippen molar-refractivity contribution in [2.75, 3.05) is 5.32 Å². The number of hydrogen-bond acceptors (Lipinski definition) is 3. The van der Waals surface area contributed by atoms with Crippen LogP contribution < -0.4 is 10.6 Å². The Morgan fingerprint density at radius 2 is 1.89 bits per heavy atom. The molecule has 5 nitrogen and oxygen atoms in total. The van der Waals surface area contributed by atoms with Crippen LogP contribution >= 0.6 is 11.6 Å². The molecule has 1 fully saturated rings. The normalized spacial score (nSPS) is 18.7. The minimum atomic E-state index is -4.54. The van der Waals surface area contributed by atoms with Gasteiger partial charge in [0.2, 0.25) is 11.8 Å². The van der Waals surface area contributed by atoms with Gasteiger partial charge in [0.25, 0.3) is 0 Å². The second-order valence-corrected chi connectivity index (χ2v) is 6.58. The van der Waals surface area contributed by atoms with E-state index in [1.54, 1.807) is 24.4 Å². The van der Waals surface area contributed by atoms with E-state index in [1.807, 2.05) is 0 Å². The summed E-state index contributed by atoms with van der Waals surface area (Å²) in [6.45, 7) is 0.240. The molecule has 1 aliphatic carbocycles. The molecule has 1 heterocycles. The summed E-state index contributed by atoms with van der Waals surface area (Å²) in [6, 6.07) is 7.99. The summed E-state index contributed by atoms with van der Waals surface area (Å²) in [6.07, 6.45) is -2.61. The Balaban J connectivity index is 1.56. The highest BCUT2D eigenvalue weighted by Crippen LogP contribution is 2.40. The lowest BCUT2D eigenvalue weighted by atomic mass is 10.2. The third-order valence-electron chi connectivity index (χ3n) is 4.19. The molecule has 142 valence electrons. The van der Waals surface area contributed by atoms with Gasteiger partial charge in [-0.25, -0.2) is 0 Å². The van der Waals surface area contributed by atoms with Gasteiger partial charge in [0.05, 0.1) is 40.3 Å². The van der Waals surface area contributed by atoms with E-state index < -0.39 is 29.5 Å². The lowest BCUT2D eigenvalue weighted by molar-refractivity contribution is -0.137. The second kappa shape index (κ2) is 7.56. The predicted molar refractivity (Wildman–Crippen MR) is 92.8 cm³/mol. The number of nitrogens with zero attached hydrogens (tertiary/aromatic N) is 1. The van der Waals surface area contributed by atoms with Crippen LogP contribution in [0.5, 0.6) is 0 Å². The van der Waals surface area contributed by atoms with Gasteiger partial charge >= 0.3 is 6.18 Å². The number of rotatable bonds is 5. The molecular formula is C18H15ClF3N3O2. The van der Waals surface area contributed by atoms with Gasteiger partial charge in [0.1, 0.15) is 0 Å². The fraction of sp³-hybridized carbons (Fsp3) is 0.278. The summed E-state index contributed by atoms with van der Waals surface area (Å²) >= 11 is 5.86. The highest BCUT2D eigenvalue weighted by Gasteiger charge is 2.48. The molecular weight excluding hydrogens is 383 g/mol. The topological polar surface area (TPSA) is 71.1 Å². The van der Waals surface area contributed by atoms with E-state index in [0.717, 1.165) is 18.2 Å². The van der Waals surface area contributed by atoms with E-state index in [1.165, 1.54) is 0 Å². The number of nitrogens with one attached hydrogen (secondary N) is 2. The van der Waals surface area contributed by atoms with E-state index in [-0.39, 0.29) is 23.2 Å². The van der Waals surface area contributed by atoms with Crippen LogP contribution in [0.1, 0.15) is 17.7 Å². The van der Waals surface area contributed by atoms with Gasteiger partial charge in [-0.1, -0.05) is 17.7 Å². The van der Waals surface area contributed by atoms with Gasteiger partial charge in [-0.15, -0.1) is 0 Å². The van der Waals surface area contributed by atoms with Gasteiger partial charge in [-0.3, -0.25) is 14.6 Å². The van der Waals surface area contributed by atoms with Crippen molar-refractivity contribution in [2.45, 2.75) is 19.1 Å². The van der Waals surface area contributed by atoms with E-state index >= 15 is 0 Å². The van der Waals surface area contributed by atoms with Crippen molar-refractivity contribution in [3.63, 3.8) is 0 Å². The number of carbonyl (C=O) groups is 2. The van der Waals surface area contributed by atoms with Crippen LogP contribution in [0.3, 0.4) is 0 Å². The predicted octanol–water partition coefficient (Wildman–Crippen LogP) is 3.64. The lowest BCUT2D eigenvalue weighted by Gasteiger charge is -2.11. The summed E-state index contributed by atoms with van der Waals surface area (Å²) in [5, 5.41) is 5.07. The lowest BCUT2D eigenvalue weighted by Crippen LogP contribution is -2.27. The Hall–Kier alpha value is -2.61. The minimum absolute atomic E-state index is 0.00634. The number of pyridine rings is 1. The molecule has 1 aliphatic rings. The maximum atomic E-state index is 12.8. The van der Waals surface area contributed by atoms with E-state index in [4.69, 9.17) is 11.6 Å². The number of anilines is 1. The SMILES string of the molecule is O=C(NCc1ccccn1)C1CC1C(=O)Nc1cc(C(F)(F)F)ccc1Cl. The zero-order valence-electron chi connectivity index (χ0n) is 13.9. The molecule has 2 amide bonds. The third kappa shape index (κ3) is 4.77. The third-order valence-corrected chi connectivity index (χ3v) is 4.52. The number of aromatic nitrogens is 1. The molecule has 1 aromatic carbocycles. The smallest absolute Gasteiger partial charge is 0.350 e. The van der Waals surface area contributed by atoms with Crippen molar-refractivity contribution in [3.8, 4) is 0 Å². The average Bonchev–Trinajstić information content (AvgIpc) is 3.42. The monoisotopic (exact) mass is 397 g/mol. The van der Waals surface area contributed by atoms with Gasteiger partial charge in [0, 0.05) is 6.20 Å². The van der Waals surface area contributed by atoms with Crippen LogP contribution in [0.25, 0.3) is 0 Å². The Labute approximate surface area is 157 Å². The number of halogens is 4. The van der Waals surface area contributed by atoms with Crippen molar-refractivity contribution >= 4 is 29.1 Å². The molecule has 2 atom stereocenters. The average molecular weight is 398 g/mol. The van der Waals surface area contributed by atoms with Crippen molar-refractivity contribution in [1.82, 2.24) is 10.3 Å². The molecule has 0 saturated heterocycles. The van der Waals surface area contributed by atoms with E-state index in [9.17, 15) is 22.8 Å². The van der Waals surface area contributed by atoms with E-state index in [2.05, 4.69) is 15.6 Å². The highest BCUT2D eigenvalue weighted by molar-refractivity contribution is 6.33. The van der Waals surface area contributed by atoms with Crippen LogP contribution in [-0.4, -0.2) is 16.8 Å². The summed E-state index contributed by atoms with van der Waals surface area (Å²) in [7, 11) is 0. The maximum Gasteiger partial charge on any atom is 0.416 e. The molecule has 2 aromatic rings. The summed E-state index contributed by atoms with van der Waals surface area (Å²) in [4.78, 5) is 28.4. The first-order chi connectivity index (χ1) is 12.8. The van der Waals surface area contributed by atoms with Gasteiger partial charge in [0.15, 0.2) is 0 Å². The highest BCUT2D eigenvalue weighted by atomic mass is 35.5. The fourth-order valence-corrected chi connectivity index (χ4v) is 2.77. The summed E-state index contributed by atoms with van der Waals surface area (Å²) in [5.41, 5.74) is -0.359. The Bertz CT molecular complexity index is 859. The van der Waals surface area contributed by atoms with Gasteiger partial charge < -0.3 is 10.6 Å². The second-order valence-electron chi connectivity index (χ2n) is 6.17. The number of amides is 2. The molecule has 27 heavy (non-hydrogen) atoms. The zero-order valence-corrected chi connectivity index (χ0v) is 14.6. The van der Waals surface area contributed by atoms with Crippen LogP contribution in [-0.2, 0) is 22.3 Å². The van der Waals surface area contributed by atoms with Crippen LogP contribution in [0.2, 0.25) is 5.02 Å². The number of carbonyl (C=O) groups excluding carboxylic acids is 2. The van der Waals surface area contributed by atoms with Crippen LogP contribution in [0, 0.1) is 11.8 Å².